The molecule has 1 heterocycles. The maximum atomic E-state index is 12.2. The van der Waals surface area contributed by atoms with Gasteiger partial charge in [-0.05, 0) is 17.7 Å². The van der Waals surface area contributed by atoms with Crippen LogP contribution in [0.1, 0.15) is 0 Å². The molecular formula is C16H14N2O2. The van der Waals surface area contributed by atoms with Crippen LogP contribution in [0.25, 0.3) is 16.9 Å². The van der Waals surface area contributed by atoms with Crippen LogP contribution in [0.3, 0.4) is 0 Å². The zero-order valence-corrected chi connectivity index (χ0v) is 11.0. The molecule has 0 unspecified atom stereocenters. The van der Waals surface area contributed by atoms with E-state index in [4.69, 9.17) is 4.74 Å². The summed E-state index contributed by atoms with van der Waals surface area (Å²) in [4.78, 5) is 12.2. The fourth-order valence-corrected chi connectivity index (χ4v) is 2.15. The molecule has 0 bridgehead atoms. The number of para-hydroxylation sites is 2. The van der Waals surface area contributed by atoms with Crippen molar-refractivity contribution in [1.29, 1.82) is 0 Å². The SMILES string of the molecule is COc1ccccc1-n1[nH]c(-c2ccccc2)cc1=O. The Morgan fingerprint density at radius 2 is 1.70 bits per heavy atom. The zero-order chi connectivity index (χ0) is 13.9. The quantitative estimate of drug-likeness (QED) is 0.792. The number of rotatable bonds is 3. The number of aromatic amines is 1. The van der Waals surface area contributed by atoms with E-state index < -0.39 is 0 Å². The van der Waals surface area contributed by atoms with Crippen LogP contribution in [0, 0.1) is 0 Å². The Kier molecular flexibility index (Phi) is 3.13. The fourth-order valence-electron chi connectivity index (χ4n) is 2.15. The van der Waals surface area contributed by atoms with Crippen molar-refractivity contribution in [3.05, 3.63) is 71.0 Å². The summed E-state index contributed by atoms with van der Waals surface area (Å²) in [5.74, 6) is 0.649. The van der Waals surface area contributed by atoms with Crippen molar-refractivity contribution in [3.8, 4) is 22.7 Å². The molecule has 0 saturated heterocycles. The summed E-state index contributed by atoms with van der Waals surface area (Å²) < 4.78 is 6.78. The highest BCUT2D eigenvalue weighted by atomic mass is 16.5. The smallest absolute Gasteiger partial charge is 0.271 e. The minimum Gasteiger partial charge on any atom is -0.494 e. The van der Waals surface area contributed by atoms with E-state index in [9.17, 15) is 4.79 Å². The van der Waals surface area contributed by atoms with Gasteiger partial charge in [-0.3, -0.25) is 9.89 Å². The molecule has 3 aromatic rings. The molecule has 100 valence electrons. The number of aromatic nitrogens is 2. The van der Waals surface area contributed by atoms with Crippen LogP contribution in [0.15, 0.2) is 65.5 Å². The standard InChI is InChI=1S/C16H14N2O2/c1-20-15-10-6-5-9-14(15)18-16(19)11-13(17-18)12-7-3-2-4-8-12/h2-11,17H,1H3. The summed E-state index contributed by atoms with van der Waals surface area (Å²) in [5, 5.41) is 3.11. The molecule has 0 amide bonds. The van der Waals surface area contributed by atoms with Crippen molar-refractivity contribution in [2.24, 2.45) is 0 Å². The number of ether oxygens (including phenoxy) is 1. The first-order chi connectivity index (χ1) is 9.79. The van der Waals surface area contributed by atoms with Crippen LogP contribution in [0.5, 0.6) is 5.75 Å². The third-order valence-corrected chi connectivity index (χ3v) is 3.13. The largest absolute Gasteiger partial charge is 0.494 e. The molecular weight excluding hydrogens is 252 g/mol. The number of benzene rings is 2. The predicted molar refractivity (Wildman–Crippen MR) is 78.4 cm³/mol. The molecule has 20 heavy (non-hydrogen) atoms. The molecule has 2 aromatic carbocycles. The fraction of sp³-hybridized carbons (Fsp3) is 0.0625. The highest BCUT2D eigenvalue weighted by Crippen LogP contribution is 2.22. The first kappa shape index (κ1) is 12.3. The molecule has 1 aromatic heterocycles. The van der Waals surface area contributed by atoms with Crippen LogP contribution < -0.4 is 10.3 Å². The minimum absolute atomic E-state index is 0.117. The molecule has 0 fully saturated rings. The second-order valence-corrected chi connectivity index (χ2v) is 4.38. The summed E-state index contributed by atoms with van der Waals surface area (Å²) in [6, 6.07) is 18.7. The van der Waals surface area contributed by atoms with E-state index in [0.29, 0.717) is 11.4 Å². The Morgan fingerprint density at radius 3 is 2.45 bits per heavy atom. The van der Waals surface area contributed by atoms with Gasteiger partial charge < -0.3 is 4.74 Å². The number of nitrogens with zero attached hydrogens (tertiary/aromatic N) is 1. The summed E-state index contributed by atoms with van der Waals surface area (Å²) in [5.41, 5.74) is 2.33. The molecule has 0 aliphatic rings. The number of H-pyrrole nitrogens is 1. The number of nitrogens with one attached hydrogen (secondary N) is 1. The van der Waals surface area contributed by atoms with E-state index in [2.05, 4.69) is 5.10 Å². The van der Waals surface area contributed by atoms with Gasteiger partial charge in [0.05, 0.1) is 12.8 Å². The highest BCUT2D eigenvalue weighted by Gasteiger charge is 2.10. The molecule has 1 N–H and O–H groups in total. The summed E-state index contributed by atoms with van der Waals surface area (Å²) in [6.45, 7) is 0. The summed E-state index contributed by atoms with van der Waals surface area (Å²) in [7, 11) is 1.59. The van der Waals surface area contributed by atoms with Crippen molar-refractivity contribution >= 4 is 0 Å². The Balaban J connectivity index is 2.13. The van der Waals surface area contributed by atoms with Crippen molar-refractivity contribution in [1.82, 2.24) is 9.78 Å². The van der Waals surface area contributed by atoms with Gasteiger partial charge in [0.1, 0.15) is 11.4 Å². The molecule has 4 heteroatoms. The molecule has 0 saturated carbocycles. The lowest BCUT2D eigenvalue weighted by Crippen LogP contribution is -2.14. The van der Waals surface area contributed by atoms with Gasteiger partial charge in [0, 0.05) is 6.07 Å². The number of hydrogen-bond donors (Lipinski definition) is 1. The molecule has 0 atom stereocenters. The van der Waals surface area contributed by atoms with E-state index in [1.54, 1.807) is 13.2 Å². The predicted octanol–water partition coefficient (Wildman–Crippen LogP) is 2.84. The monoisotopic (exact) mass is 266 g/mol. The second-order valence-electron chi connectivity index (χ2n) is 4.38. The average Bonchev–Trinajstić information content (AvgIpc) is 2.90. The zero-order valence-electron chi connectivity index (χ0n) is 11.0. The first-order valence-electron chi connectivity index (χ1n) is 6.30. The van der Waals surface area contributed by atoms with Crippen LogP contribution in [-0.4, -0.2) is 16.9 Å². The van der Waals surface area contributed by atoms with Gasteiger partial charge in [-0.25, -0.2) is 4.68 Å². The molecule has 0 radical (unpaired) electrons. The first-order valence-corrected chi connectivity index (χ1v) is 6.30. The molecule has 3 rings (SSSR count). The third-order valence-electron chi connectivity index (χ3n) is 3.13. The Morgan fingerprint density at radius 1 is 1.00 bits per heavy atom. The lowest BCUT2D eigenvalue weighted by Gasteiger charge is -2.08. The lowest BCUT2D eigenvalue weighted by atomic mass is 10.2. The highest BCUT2D eigenvalue weighted by molar-refractivity contribution is 5.59. The third kappa shape index (κ3) is 2.12. The number of hydrogen-bond acceptors (Lipinski definition) is 2. The topological polar surface area (TPSA) is 47.0 Å². The van der Waals surface area contributed by atoms with Crippen LogP contribution >= 0.6 is 0 Å². The van der Waals surface area contributed by atoms with E-state index in [0.717, 1.165) is 11.3 Å². The van der Waals surface area contributed by atoms with Gasteiger partial charge in [0.25, 0.3) is 5.56 Å². The second kappa shape index (κ2) is 5.09. The van der Waals surface area contributed by atoms with Gasteiger partial charge in [0.15, 0.2) is 0 Å². The minimum atomic E-state index is -0.117. The van der Waals surface area contributed by atoms with Gasteiger partial charge in [-0.15, -0.1) is 0 Å². The normalized spacial score (nSPS) is 10.4. The van der Waals surface area contributed by atoms with E-state index in [1.807, 2.05) is 54.6 Å². The average molecular weight is 266 g/mol. The van der Waals surface area contributed by atoms with Gasteiger partial charge in [-0.2, -0.15) is 0 Å². The maximum Gasteiger partial charge on any atom is 0.271 e. The van der Waals surface area contributed by atoms with Crippen LogP contribution in [0.4, 0.5) is 0 Å². The molecule has 0 aliphatic carbocycles. The van der Waals surface area contributed by atoms with Gasteiger partial charge >= 0.3 is 0 Å². The van der Waals surface area contributed by atoms with E-state index in [-0.39, 0.29) is 5.56 Å². The molecule has 4 nitrogen and oxygen atoms in total. The summed E-state index contributed by atoms with van der Waals surface area (Å²) in [6.07, 6.45) is 0. The number of methoxy groups -OCH3 is 1. The van der Waals surface area contributed by atoms with Gasteiger partial charge in [0.2, 0.25) is 0 Å². The molecule has 0 aliphatic heterocycles. The van der Waals surface area contributed by atoms with Crippen LogP contribution in [0.2, 0.25) is 0 Å². The van der Waals surface area contributed by atoms with Crippen molar-refractivity contribution in [3.63, 3.8) is 0 Å². The van der Waals surface area contributed by atoms with Crippen molar-refractivity contribution < 1.29 is 4.74 Å². The maximum absolute atomic E-state index is 12.2. The van der Waals surface area contributed by atoms with Gasteiger partial charge in [-0.1, -0.05) is 42.5 Å². The van der Waals surface area contributed by atoms with E-state index >= 15 is 0 Å². The van der Waals surface area contributed by atoms with E-state index in [1.165, 1.54) is 4.68 Å². The van der Waals surface area contributed by atoms with Crippen LogP contribution in [-0.2, 0) is 0 Å². The Labute approximate surface area is 116 Å². The van der Waals surface area contributed by atoms with Crippen molar-refractivity contribution in [2.75, 3.05) is 7.11 Å². The molecule has 0 spiro atoms. The lowest BCUT2D eigenvalue weighted by molar-refractivity contribution is 0.411. The van der Waals surface area contributed by atoms with Crippen molar-refractivity contribution in [2.45, 2.75) is 0 Å². The summed E-state index contributed by atoms with van der Waals surface area (Å²) >= 11 is 0. The Bertz CT molecular complexity index is 772. The Hall–Kier alpha value is -2.75.